The van der Waals surface area contributed by atoms with E-state index in [2.05, 4.69) is 5.32 Å². The molecule has 3 aromatic rings. The van der Waals surface area contributed by atoms with Crippen LogP contribution in [-0.4, -0.2) is 50.4 Å². The summed E-state index contributed by atoms with van der Waals surface area (Å²) in [6, 6.07) is 23.1. The first-order valence-corrected chi connectivity index (χ1v) is 15.1. The van der Waals surface area contributed by atoms with Crippen LogP contribution in [0.1, 0.15) is 46.1 Å². The van der Waals surface area contributed by atoms with E-state index in [4.69, 9.17) is 4.74 Å². The molecule has 0 aliphatic heterocycles. The third-order valence-electron chi connectivity index (χ3n) is 6.63. The van der Waals surface area contributed by atoms with Gasteiger partial charge in [-0.25, -0.2) is 8.42 Å². The highest BCUT2D eigenvalue weighted by atomic mass is 32.2. The van der Waals surface area contributed by atoms with Crippen LogP contribution >= 0.6 is 0 Å². The second-order valence-electron chi connectivity index (χ2n) is 9.50. The van der Waals surface area contributed by atoms with Crippen molar-refractivity contribution in [2.75, 3.05) is 17.5 Å². The molecule has 9 heteroatoms. The highest BCUT2D eigenvalue weighted by Crippen LogP contribution is 2.27. The van der Waals surface area contributed by atoms with Gasteiger partial charge in [0.15, 0.2) is 0 Å². The van der Waals surface area contributed by atoms with Gasteiger partial charge in [0.05, 0.1) is 17.2 Å². The smallest absolute Gasteiger partial charge is 0.264 e. The Hall–Kier alpha value is -3.85. The summed E-state index contributed by atoms with van der Waals surface area (Å²) in [4.78, 5) is 28.9. The number of carbonyl (C=O) groups is 2. The quantitative estimate of drug-likeness (QED) is 0.297. The molecule has 2 atom stereocenters. The monoisotopic (exact) mass is 565 g/mol. The summed E-state index contributed by atoms with van der Waals surface area (Å²) in [5.74, 6) is -0.156. The first-order valence-electron chi connectivity index (χ1n) is 13.7. The molecule has 0 aliphatic carbocycles. The Morgan fingerprint density at radius 1 is 0.850 bits per heavy atom. The fourth-order valence-electron chi connectivity index (χ4n) is 4.26. The molecule has 0 bridgehead atoms. The van der Waals surface area contributed by atoms with Crippen molar-refractivity contribution in [2.45, 2.75) is 64.1 Å². The number of carbonyl (C=O) groups excluding carboxylic acids is 2. The third-order valence-corrected chi connectivity index (χ3v) is 8.42. The lowest BCUT2D eigenvalue weighted by Crippen LogP contribution is -2.53. The van der Waals surface area contributed by atoms with Crippen LogP contribution in [0.3, 0.4) is 0 Å². The van der Waals surface area contributed by atoms with Gasteiger partial charge in [-0.15, -0.1) is 0 Å². The minimum Gasteiger partial charge on any atom is -0.494 e. The van der Waals surface area contributed by atoms with Crippen LogP contribution in [0.15, 0.2) is 89.8 Å². The Balaban J connectivity index is 2.03. The summed E-state index contributed by atoms with van der Waals surface area (Å²) < 4.78 is 34.3. The van der Waals surface area contributed by atoms with E-state index >= 15 is 0 Å². The SMILES string of the molecule is CCOc1ccc(N(CC(=O)N(Cc2ccccc2)[C@@H](CC)C(=O)N[C@H](C)CC)S(=O)(=O)c2ccccc2)cc1. The Kier molecular flexibility index (Phi) is 11.1. The topological polar surface area (TPSA) is 96.0 Å². The van der Waals surface area contributed by atoms with Gasteiger partial charge in [-0.1, -0.05) is 62.4 Å². The van der Waals surface area contributed by atoms with Crippen LogP contribution in [0.2, 0.25) is 0 Å². The number of hydrogen-bond acceptors (Lipinski definition) is 5. The van der Waals surface area contributed by atoms with Gasteiger partial charge in [-0.05, 0) is 68.7 Å². The van der Waals surface area contributed by atoms with Crippen molar-refractivity contribution in [3.8, 4) is 5.75 Å². The van der Waals surface area contributed by atoms with Crippen molar-refractivity contribution >= 4 is 27.5 Å². The number of ether oxygens (including phenoxy) is 1. The summed E-state index contributed by atoms with van der Waals surface area (Å²) in [5.41, 5.74) is 1.15. The molecule has 3 rings (SSSR count). The number of hydrogen-bond donors (Lipinski definition) is 1. The number of sulfonamides is 1. The average molecular weight is 566 g/mol. The zero-order valence-electron chi connectivity index (χ0n) is 23.6. The molecule has 214 valence electrons. The molecule has 0 spiro atoms. The molecule has 1 N–H and O–H groups in total. The third kappa shape index (κ3) is 7.85. The Labute approximate surface area is 238 Å². The van der Waals surface area contributed by atoms with E-state index < -0.39 is 28.5 Å². The molecule has 0 aliphatic rings. The van der Waals surface area contributed by atoms with Gasteiger partial charge >= 0.3 is 0 Å². The molecular weight excluding hydrogens is 526 g/mol. The number of nitrogens with zero attached hydrogens (tertiary/aromatic N) is 2. The summed E-state index contributed by atoms with van der Waals surface area (Å²) >= 11 is 0. The highest BCUT2D eigenvalue weighted by Gasteiger charge is 2.33. The van der Waals surface area contributed by atoms with E-state index in [0.29, 0.717) is 24.5 Å². The minimum absolute atomic E-state index is 0.0611. The van der Waals surface area contributed by atoms with E-state index in [1.54, 1.807) is 42.5 Å². The van der Waals surface area contributed by atoms with Crippen LogP contribution in [0.5, 0.6) is 5.75 Å². The molecular formula is C31H39N3O5S. The molecule has 0 aromatic heterocycles. The predicted octanol–water partition coefficient (Wildman–Crippen LogP) is 5.00. The van der Waals surface area contributed by atoms with E-state index in [1.165, 1.54) is 17.0 Å². The average Bonchev–Trinajstić information content (AvgIpc) is 2.97. The van der Waals surface area contributed by atoms with Gasteiger partial charge < -0.3 is 15.0 Å². The van der Waals surface area contributed by atoms with E-state index in [-0.39, 0.29) is 23.4 Å². The Bertz CT molecular complexity index is 1330. The van der Waals surface area contributed by atoms with Crippen LogP contribution in [0, 0.1) is 0 Å². The van der Waals surface area contributed by atoms with Crippen molar-refractivity contribution < 1.29 is 22.7 Å². The van der Waals surface area contributed by atoms with Crippen LogP contribution in [0.25, 0.3) is 0 Å². The van der Waals surface area contributed by atoms with Crippen molar-refractivity contribution in [3.05, 3.63) is 90.5 Å². The van der Waals surface area contributed by atoms with Crippen molar-refractivity contribution in [1.29, 1.82) is 0 Å². The molecule has 0 saturated heterocycles. The number of nitrogens with one attached hydrogen (secondary N) is 1. The summed E-state index contributed by atoms with van der Waals surface area (Å²) in [5, 5.41) is 2.98. The molecule has 2 amide bonds. The molecule has 0 heterocycles. The predicted molar refractivity (Wildman–Crippen MR) is 158 cm³/mol. The normalized spacial score (nSPS) is 12.7. The van der Waals surface area contributed by atoms with E-state index in [0.717, 1.165) is 16.3 Å². The lowest BCUT2D eigenvalue weighted by Gasteiger charge is -2.33. The first-order chi connectivity index (χ1) is 19.2. The fraction of sp³-hybridized carbons (Fsp3) is 0.355. The van der Waals surface area contributed by atoms with Crippen LogP contribution in [-0.2, 0) is 26.2 Å². The zero-order chi connectivity index (χ0) is 29.1. The number of benzene rings is 3. The van der Waals surface area contributed by atoms with Crippen LogP contribution < -0.4 is 14.4 Å². The maximum absolute atomic E-state index is 14.1. The van der Waals surface area contributed by atoms with E-state index in [9.17, 15) is 18.0 Å². The molecule has 3 aromatic carbocycles. The standard InChI is InChI=1S/C31H39N3O5S/c1-5-24(4)32-31(36)29(6-2)33(22-25-14-10-8-11-15-25)30(35)23-34(26-18-20-27(21-19-26)39-7-3)40(37,38)28-16-12-9-13-17-28/h8-21,24,29H,5-7,22-23H2,1-4H3,(H,32,36)/t24-,29+/m1/s1. The van der Waals surface area contributed by atoms with Gasteiger partial charge in [0.1, 0.15) is 18.3 Å². The molecule has 40 heavy (non-hydrogen) atoms. The number of anilines is 1. The second kappa shape index (κ2) is 14.5. The van der Waals surface area contributed by atoms with Gasteiger partial charge in [0, 0.05) is 12.6 Å². The number of amides is 2. The molecule has 0 fully saturated rings. The zero-order valence-corrected chi connectivity index (χ0v) is 24.4. The lowest BCUT2D eigenvalue weighted by atomic mass is 10.1. The molecule has 0 saturated carbocycles. The molecule has 0 radical (unpaired) electrons. The number of rotatable bonds is 14. The van der Waals surface area contributed by atoms with Gasteiger partial charge in [-0.2, -0.15) is 0 Å². The fourth-order valence-corrected chi connectivity index (χ4v) is 5.70. The van der Waals surface area contributed by atoms with E-state index in [1.807, 2.05) is 58.0 Å². The van der Waals surface area contributed by atoms with Crippen LogP contribution in [0.4, 0.5) is 5.69 Å². The minimum atomic E-state index is -4.11. The second-order valence-corrected chi connectivity index (χ2v) is 11.4. The van der Waals surface area contributed by atoms with Gasteiger partial charge in [-0.3, -0.25) is 13.9 Å². The van der Waals surface area contributed by atoms with Crippen molar-refractivity contribution in [3.63, 3.8) is 0 Å². The molecule has 8 nitrogen and oxygen atoms in total. The lowest BCUT2D eigenvalue weighted by molar-refractivity contribution is -0.140. The van der Waals surface area contributed by atoms with Gasteiger partial charge in [0.25, 0.3) is 10.0 Å². The van der Waals surface area contributed by atoms with Gasteiger partial charge in [0.2, 0.25) is 11.8 Å². The largest absolute Gasteiger partial charge is 0.494 e. The van der Waals surface area contributed by atoms with Crippen molar-refractivity contribution in [1.82, 2.24) is 10.2 Å². The Morgan fingerprint density at radius 2 is 1.45 bits per heavy atom. The maximum atomic E-state index is 14.1. The summed E-state index contributed by atoms with van der Waals surface area (Å²) in [7, 11) is -4.11. The maximum Gasteiger partial charge on any atom is 0.264 e. The summed E-state index contributed by atoms with van der Waals surface area (Å²) in [6.07, 6.45) is 1.12. The highest BCUT2D eigenvalue weighted by molar-refractivity contribution is 7.92. The Morgan fingerprint density at radius 3 is 2.00 bits per heavy atom. The summed E-state index contributed by atoms with van der Waals surface area (Å²) in [6.45, 7) is 7.74. The molecule has 0 unspecified atom stereocenters. The van der Waals surface area contributed by atoms with Crippen molar-refractivity contribution in [2.24, 2.45) is 0 Å². The first kappa shape index (κ1) is 30.7.